The summed E-state index contributed by atoms with van der Waals surface area (Å²) in [5.41, 5.74) is -0.251. The molecule has 0 spiro atoms. The Morgan fingerprint density at radius 3 is 2.44 bits per heavy atom. The maximum atomic E-state index is 13.5. The van der Waals surface area contributed by atoms with Gasteiger partial charge in [0.25, 0.3) is 0 Å². The van der Waals surface area contributed by atoms with Gasteiger partial charge in [-0.1, -0.05) is 6.92 Å². The molecule has 1 saturated heterocycles. The van der Waals surface area contributed by atoms with Crippen molar-refractivity contribution in [2.75, 3.05) is 30.5 Å². The Balaban J connectivity index is 1.43. The second kappa shape index (κ2) is 9.11. The van der Waals surface area contributed by atoms with E-state index in [1.54, 1.807) is 24.3 Å². The van der Waals surface area contributed by atoms with E-state index in [4.69, 9.17) is 9.47 Å². The number of nitrogens with one attached hydrogen (secondary N) is 2. The second-order valence-corrected chi connectivity index (χ2v) is 8.84. The molecule has 0 unspecified atom stereocenters. The molecule has 1 aliphatic carbocycles. The summed E-state index contributed by atoms with van der Waals surface area (Å²) in [6.07, 6.45) is -1.92. The van der Waals surface area contributed by atoms with E-state index in [9.17, 15) is 18.3 Å². The first-order valence-corrected chi connectivity index (χ1v) is 10.7. The summed E-state index contributed by atoms with van der Waals surface area (Å²) in [4.78, 5) is 7.94. The number of halogens is 3. The Morgan fingerprint density at radius 1 is 1.16 bits per heavy atom. The zero-order valence-electron chi connectivity index (χ0n) is 17.8. The first kappa shape index (κ1) is 22.6. The van der Waals surface area contributed by atoms with Gasteiger partial charge in [-0.2, -0.15) is 18.2 Å². The molecule has 2 aliphatic rings. The van der Waals surface area contributed by atoms with Gasteiger partial charge in [-0.3, -0.25) is 0 Å². The number of rotatable bonds is 7. The average molecular weight is 452 g/mol. The van der Waals surface area contributed by atoms with Crippen molar-refractivity contribution in [1.82, 2.24) is 9.97 Å². The topological polar surface area (TPSA) is 88.5 Å². The number of benzene rings is 1. The van der Waals surface area contributed by atoms with Gasteiger partial charge in [0.15, 0.2) is 0 Å². The molecule has 3 N–H and O–H groups in total. The highest BCUT2D eigenvalue weighted by atomic mass is 19.4. The molecule has 0 atom stereocenters. The summed E-state index contributed by atoms with van der Waals surface area (Å²) in [5, 5.41) is 15.5. The first-order valence-electron chi connectivity index (χ1n) is 10.7. The third kappa shape index (κ3) is 5.60. The van der Waals surface area contributed by atoms with E-state index in [1.165, 1.54) is 0 Å². The molecule has 1 aromatic heterocycles. The number of aromatic nitrogens is 2. The van der Waals surface area contributed by atoms with Crippen LogP contribution in [0.1, 0.15) is 38.2 Å². The number of aliphatic hydroxyl groups is 1. The molecule has 174 valence electrons. The molecule has 7 nitrogen and oxygen atoms in total. The Labute approximate surface area is 184 Å². The zero-order chi connectivity index (χ0) is 22.8. The number of hydrogen-bond donors (Lipinski definition) is 3. The molecule has 0 amide bonds. The van der Waals surface area contributed by atoms with E-state index in [1.807, 2.05) is 0 Å². The molecule has 32 heavy (non-hydrogen) atoms. The highest BCUT2D eigenvalue weighted by Crippen LogP contribution is 2.35. The Kier molecular flexibility index (Phi) is 6.43. The van der Waals surface area contributed by atoms with Gasteiger partial charge in [-0.15, -0.1) is 0 Å². The number of anilines is 3. The van der Waals surface area contributed by atoms with Gasteiger partial charge in [0.1, 0.15) is 17.1 Å². The smallest absolute Gasteiger partial charge is 0.421 e. The quantitative estimate of drug-likeness (QED) is 0.575. The van der Waals surface area contributed by atoms with E-state index in [2.05, 4.69) is 27.5 Å². The van der Waals surface area contributed by atoms with Gasteiger partial charge in [-0.05, 0) is 49.9 Å². The van der Waals surface area contributed by atoms with Gasteiger partial charge in [0.05, 0.1) is 25.9 Å². The predicted molar refractivity (Wildman–Crippen MR) is 113 cm³/mol. The van der Waals surface area contributed by atoms with Crippen LogP contribution in [0.25, 0.3) is 0 Å². The maximum Gasteiger partial charge on any atom is 0.421 e. The molecule has 2 fully saturated rings. The first-order chi connectivity index (χ1) is 15.2. The molecular formula is C22H27F3N4O3. The molecule has 0 bridgehead atoms. The van der Waals surface area contributed by atoms with Crippen molar-refractivity contribution >= 4 is 17.5 Å². The van der Waals surface area contributed by atoms with Crippen LogP contribution in [0.15, 0.2) is 30.5 Å². The lowest BCUT2D eigenvalue weighted by Gasteiger charge is -2.37. The van der Waals surface area contributed by atoms with Crippen molar-refractivity contribution in [1.29, 1.82) is 0 Å². The van der Waals surface area contributed by atoms with Crippen molar-refractivity contribution in [3.63, 3.8) is 0 Å². The minimum atomic E-state index is -4.57. The lowest BCUT2D eigenvalue weighted by atomic mass is 9.90. The van der Waals surface area contributed by atoms with E-state index in [0.717, 1.165) is 6.20 Å². The fourth-order valence-corrected chi connectivity index (χ4v) is 3.73. The summed E-state index contributed by atoms with van der Waals surface area (Å²) in [7, 11) is 0. The molecule has 1 aliphatic heterocycles. The Hall–Kier alpha value is -2.59. The highest BCUT2D eigenvalue weighted by molar-refractivity contribution is 5.57. The summed E-state index contributed by atoms with van der Waals surface area (Å²) in [6.45, 7) is 4.00. The van der Waals surface area contributed by atoms with Crippen LogP contribution in [0.4, 0.5) is 30.6 Å². The molecule has 2 heterocycles. The minimum Gasteiger partial charge on any atom is -0.493 e. The van der Waals surface area contributed by atoms with E-state index in [-0.39, 0.29) is 23.2 Å². The normalized spacial score (nSPS) is 22.7. The number of nitrogens with zero attached hydrogens (tertiary/aromatic N) is 2. The van der Waals surface area contributed by atoms with Crippen LogP contribution in [0.2, 0.25) is 0 Å². The number of aliphatic hydroxyl groups excluding tert-OH is 1. The molecule has 2 aromatic rings. The van der Waals surface area contributed by atoms with Crippen molar-refractivity contribution < 1.29 is 27.8 Å². The van der Waals surface area contributed by atoms with Crippen molar-refractivity contribution in [3.05, 3.63) is 36.0 Å². The predicted octanol–water partition coefficient (Wildman–Crippen LogP) is 4.37. The van der Waals surface area contributed by atoms with E-state index < -0.39 is 17.8 Å². The van der Waals surface area contributed by atoms with Crippen LogP contribution in [-0.4, -0.2) is 47.0 Å². The summed E-state index contributed by atoms with van der Waals surface area (Å²) >= 11 is 0. The summed E-state index contributed by atoms with van der Waals surface area (Å²) in [6, 6.07) is 6.89. The lowest BCUT2D eigenvalue weighted by molar-refractivity contribution is -0.137. The van der Waals surface area contributed by atoms with Crippen LogP contribution < -0.4 is 15.4 Å². The van der Waals surface area contributed by atoms with Gasteiger partial charge in [0, 0.05) is 23.3 Å². The molecule has 0 radical (unpaired) electrons. The third-order valence-electron chi connectivity index (χ3n) is 5.73. The molecular weight excluding hydrogens is 425 g/mol. The number of alkyl halides is 3. The molecule has 10 heteroatoms. The van der Waals surface area contributed by atoms with Crippen LogP contribution in [0.5, 0.6) is 5.75 Å². The Morgan fingerprint density at radius 2 is 1.84 bits per heavy atom. The van der Waals surface area contributed by atoms with E-state index >= 15 is 0 Å². The monoisotopic (exact) mass is 452 g/mol. The van der Waals surface area contributed by atoms with Crippen LogP contribution in [-0.2, 0) is 10.9 Å². The SMILES string of the molecule is CC1(COc2ccc(Nc3ncc(C(F)(F)F)c(NC4CCC(O)CC4)n3)cc2)COC1. The minimum absolute atomic E-state index is 0.0326. The summed E-state index contributed by atoms with van der Waals surface area (Å²) in [5.74, 6) is 0.496. The zero-order valence-corrected chi connectivity index (χ0v) is 17.8. The fourth-order valence-electron chi connectivity index (χ4n) is 3.73. The van der Waals surface area contributed by atoms with Crippen molar-refractivity contribution in [3.8, 4) is 5.75 Å². The average Bonchev–Trinajstić information content (AvgIpc) is 2.73. The van der Waals surface area contributed by atoms with Crippen LogP contribution in [0.3, 0.4) is 0 Å². The van der Waals surface area contributed by atoms with Crippen molar-refractivity contribution in [2.45, 2.75) is 50.9 Å². The van der Waals surface area contributed by atoms with Gasteiger partial charge in [-0.25, -0.2) is 4.98 Å². The highest BCUT2D eigenvalue weighted by Gasteiger charge is 2.36. The third-order valence-corrected chi connectivity index (χ3v) is 5.73. The molecule has 4 rings (SSSR count). The second-order valence-electron chi connectivity index (χ2n) is 8.84. The molecule has 1 aromatic carbocycles. The van der Waals surface area contributed by atoms with Crippen molar-refractivity contribution in [2.24, 2.45) is 5.41 Å². The molecule has 1 saturated carbocycles. The fraction of sp³-hybridized carbons (Fsp3) is 0.545. The van der Waals surface area contributed by atoms with Gasteiger partial charge >= 0.3 is 6.18 Å². The van der Waals surface area contributed by atoms with Crippen LogP contribution in [0, 0.1) is 5.41 Å². The lowest BCUT2D eigenvalue weighted by Crippen LogP contribution is -2.44. The largest absolute Gasteiger partial charge is 0.493 e. The standard InChI is InChI=1S/C22H27F3N4O3/c1-21(11-31-12-21)13-32-17-8-4-15(5-9-17)28-20-26-10-18(22(23,24)25)19(29-20)27-14-2-6-16(30)7-3-14/h4-5,8-10,14,16,30H,2-3,6-7,11-13H2,1H3,(H2,26,27,28,29). The van der Waals surface area contributed by atoms with Gasteiger partial charge < -0.3 is 25.2 Å². The van der Waals surface area contributed by atoms with Gasteiger partial charge in [0.2, 0.25) is 5.95 Å². The summed E-state index contributed by atoms with van der Waals surface area (Å²) < 4.78 is 51.4. The number of hydrogen-bond acceptors (Lipinski definition) is 7. The Bertz CT molecular complexity index is 912. The number of ether oxygens (including phenoxy) is 2. The maximum absolute atomic E-state index is 13.5. The van der Waals surface area contributed by atoms with Crippen LogP contribution >= 0.6 is 0 Å². The van der Waals surface area contributed by atoms with E-state index in [0.29, 0.717) is 56.9 Å².